The van der Waals surface area contributed by atoms with Gasteiger partial charge in [0.2, 0.25) is 6.39 Å². The third-order valence-corrected chi connectivity index (χ3v) is 4.80. The Morgan fingerprint density at radius 3 is 2.47 bits per heavy atom. The van der Waals surface area contributed by atoms with Crippen molar-refractivity contribution >= 4 is 11.0 Å². The van der Waals surface area contributed by atoms with Crippen LogP contribution in [0.4, 0.5) is 0 Å². The summed E-state index contributed by atoms with van der Waals surface area (Å²) < 4.78 is 19.9. The van der Waals surface area contributed by atoms with Crippen LogP contribution in [0.3, 0.4) is 0 Å². The molecular formula is C11H19N3O2S. The zero-order chi connectivity index (χ0) is 12.7. The lowest BCUT2D eigenvalue weighted by Crippen LogP contribution is -2.48. The van der Waals surface area contributed by atoms with Crippen LogP contribution < -0.4 is 4.72 Å². The fourth-order valence-corrected chi connectivity index (χ4v) is 2.67. The van der Waals surface area contributed by atoms with Crippen LogP contribution >= 0.6 is 0 Å². The Labute approximate surface area is 104 Å². The largest absolute Gasteiger partial charge is 0.343 e. The molecule has 5 nitrogen and oxygen atoms in total. The fraction of sp³-hybridized carbons (Fsp3) is 0.818. The predicted molar refractivity (Wildman–Crippen MR) is 65.4 cm³/mol. The van der Waals surface area contributed by atoms with Crippen LogP contribution in [0.2, 0.25) is 0 Å². The van der Waals surface area contributed by atoms with Crippen LogP contribution in [0.5, 0.6) is 0 Å². The molecule has 0 spiro atoms. The Balaban J connectivity index is 2.22. The summed E-state index contributed by atoms with van der Waals surface area (Å²) in [6.45, 7) is 7.83. The minimum atomic E-state index is -1.14. The second kappa shape index (κ2) is 4.17. The van der Waals surface area contributed by atoms with Crippen LogP contribution in [0.1, 0.15) is 46.4 Å². The van der Waals surface area contributed by atoms with Crippen LogP contribution in [0, 0.1) is 5.92 Å². The summed E-state index contributed by atoms with van der Waals surface area (Å²) in [5, 5.41) is 3.90. The van der Waals surface area contributed by atoms with Crippen LogP contribution in [0.15, 0.2) is 10.9 Å². The molecule has 2 atom stereocenters. The Kier molecular flexibility index (Phi) is 3.12. The molecule has 0 aliphatic heterocycles. The van der Waals surface area contributed by atoms with E-state index < -0.39 is 16.5 Å². The number of nitrogens with zero attached hydrogens (tertiary/aromatic N) is 2. The van der Waals surface area contributed by atoms with Gasteiger partial charge in [0, 0.05) is 0 Å². The van der Waals surface area contributed by atoms with Crippen LogP contribution in [-0.4, -0.2) is 19.1 Å². The molecule has 1 fully saturated rings. The first-order valence-corrected chi connectivity index (χ1v) is 6.95. The predicted octanol–water partition coefficient (Wildman–Crippen LogP) is 1.75. The van der Waals surface area contributed by atoms with Gasteiger partial charge in [-0.15, -0.1) is 0 Å². The quantitative estimate of drug-likeness (QED) is 0.892. The fourth-order valence-electron chi connectivity index (χ4n) is 1.72. The van der Waals surface area contributed by atoms with E-state index in [1.54, 1.807) is 0 Å². The Bertz CT molecular complexity index is 409. The van der Waals surface area contributed by atoms with E-state index >= 15 is 0 Å². The average molecular weight is 257 g/mol. The van der Waals surface area contributed by atoms with Gasteiger partial charge in [-0.25, -0.2) is 8.93 Å². The number of hydrogen-bond donors (Lipinski definition) is 1. The van der Waals surface area contributed by atoms with Gasteiger partial charge in [0.05, 0.1) is 21.3 Å². The summed E-state index contributed by atoms with van der Waals surface area (Å²) in [7, 11) is -1.14. The van der Waals surface area contributed by atoms with E-state index in [-0.39, 0.29) is 4.75 Å². The highest BCUT2D eigenvalue weighted by atomic mass is 32.2. The van der Waals surface area contributed by atoms with E-state index in [2.05, 4.69) is 14.9 Å². The molecule has 0 bridgehead atoms. The van der Waals surface area contributed by atoms with Gasteiger partial charge in [-0.2, -0.15) is 4.98 Å². The molecular weight excluding hydrogens is 238 g/mol. The highest BCUT2D eigenvalue weighted by Gasteiger charge is 2.47. The van der Waals surface area contributed by atoms with E-state index in [0.717, 1.165) is 12.8 Å². The SMILES string of the molecule is CC(C)(C)S(=O)N[C@@](C)(c1ncon1)C1CC1. The smallest absolute Gasteiger partial charge is 0.213 e. The molecule has 1 heterocycles. The molecule has 17 heavy (non-hydrogen) atoms. The number of aromatic nitrogens is 2. The average Bonchev–Trinajstić information content (AvgIpc) is 2.92. The summed E-state index contributed by atoms with van der Waals surface area (Å²) in [5.41, 5.74) is -0.453. The molecule has 0 saturated heterocycles. The second-order valence-electron chi connectivity index (χ2n) is 5.71. The first kappa shape index (κ1) is 12.7. The molecule has 0 radical (unpaired) electrons. The van der Waals surface area contributed by atoms with E-state index in [4.69, 9.17) is 4.52 Å². The van der Waals surface area contributed by atoms with E-state index in [0.29, 0.717) is 11.7 Å². The first-order valence-electron chi connectivity index (χ1n) is 5.80. The summed E-state index contributed by atoms with van der Waals surface area (Å²) >= 11 is 0. The molecule has 1 aliphatic carbocycles. The standard InChI is InChI=1S/C11H19N3O2S/c1-10(2,3)17(15)14-11(4,8-5-6-8)9-12-7-16-13-9/h7-8,14H,5-6H2,1-4H3/t11-,17?/m1/s1. The molecule has 96 valence electrons. The first-order chi connectivity index (χ1) is 7.84. The minimum absolute atomic E-state index is 0.306. The van der Waals surface area contributed by atoms with E-state index in [9.17, 15) is 4.21 Å². The lowest BCUT2D eigenvalue weighted by Gasteiger charge is -2.30. The molecule has 0 aromatic carbocycles. The summed E-state index contributed by atoms with van der Waals surface area (Å²) in [5.74, 6) is 1.03. The lowest BCUT2D eigenvalue weighted by atomic mass is 9.97. The third-order valence-electron chi connectivity index (χ3n) is 3.08. The monoisotopic (exact) mass is 257 g/mol. The van der Waals surface area contributed by atoms with Crippen molar-refractivity contribution in [2.75, 3.05) is 0 Å². The van der Waals surface area contributed by atoms with Crippen molar-refractivity contribution in [1.82, 2.24) is 14.9 Å². The molecule has 1 aromatic heterocycles. The molecule has 1 aliphatic rings. The van der Waals surface area contributed by atoms with Gasteiger partial charge in [-0.1, -0.05) is 5.16 Å². The van der Waals surface area contributed by atoms with Crippen molar-refractivity contribution in [2.45, 2.75) is 50.8 Å². The van der Waals surface area contributed by atoms with Crippen molar-refractivity contribution in [3.63, 3.8) is 0 Å². The minimum Gasteiger partial charge on any atom is -0.343 e. The van der Waals surface area contributed by atoms with Crippen molar-refractivity contribution in [3.8, 4) is 0 Å². The van der Waals surface area contributed by atoms with Gasteiger partial charge in [-0.3, -0.25) is 0 Å². The molecule has 1 unspecified atom stereocenters. The lowest BCUT2D eigenvalue weighted by molar-refractivity contribution is 0.330. The number of hydrogen-bond acceptors (Lipinski definition) is 4. The highest BCUT2D eigenvalue weighted by molar-refractivity contribution is 7.84. The molecule has 0 amide bonds. The van der Waals surface area contributed by atoms with Crippen molar-refractivity contribution in [1.29, 1.82) is 0 Å². The highest BCUT2D eigenvalue weighted by Crippen LogP contribution is 2.45. The summed E-state index contributed by atoms with van der Waals surface area (Å²) in [6.07, 6.45) is 3.54. The van der Waals surface area contributed by atoms with Crippen molar-refractivity contribution < 1.29 is 8.73 Å². The Morgan fingerprint density at radius 1 is 1.41 bits per heavy atom. The van der Waals surface area contributed by atoms with Crippen LogP contribution in [0.25, 0.3) is 0 Å². The zero-order valence-electron chi connectivity index (χ0n) is 10.7. The maximum absolute atomic E-state index is 12.2. The van der Waals surface area contributed by atoms with Gasteiger partial charge in [-0.05, 0) is 46.5 Å². The molecule has 6 heteroatoms. The maximum atomic E-state index is 12.2. The molecule has 1 N–H and O–H groups in total. The normalized spacial score (nSPS) is 22.1. The van der Waals surface area contributed by atoms with E-state index in [1.165, 1.54) is 6.39 Å². The Hall–Kier alpha value is -0.750. The van der Waals surface area contributed by atoms with Gasteiger partial charge in [0.25, 0.3) is 0 Å². The topological polar surface area (TPSA) is 68.0 Å². The van der Waals surface area contributed by atoms with Gasteiger partial charge in [0.1, 0.15) is 0 Å². The van der Waals surface area contributed by atoms with Gasteiger partial charge in [0.15, 0.2) is 5.82 Å². The summed E-state index contributed by atoms with van der Waals surface area (Å²) in [4.78, 5) is 4.11. The van der Waals surface area contributed by atoms with Crippen molar-refractivity contribution in [2.24, 2.45) is 5.92 Å². The van der Waals surface area contributed by atoms with E-state index in [1.807, 2.05) is 27.7 Å². The zero-order valence-corrected chi connectivity index (χ0v) is 11.5. The van der Waals surface area contributed by atoms with Crippen LogP contribution in [-0.2, 0) is 16.5 Å². The number of rotatable bonds is 4. The van der Waals surface area contributed by atoms with Crippen molar-refractivity contribution in [3.05, 3.63) is 12.2 Å². The summed E-state index contributed by atoms with van der Waals surface area (Å²) in [6, 6.07) is 0. The third kappa shape index (κ3) is 2.57. The molecule has 1 saturated carbocycles. The molecule has 1 aromatic rings. The Morgan fingerprint density at radius 2 is 2.06 bits per heavy atom. The molecule has 2 rings (SSSR count). The maximum Gasteiger partial charge on any atom is 0.213 e. The van der Waals surface area contributed by atoms with Gasteiger partial charge < -0.3 is 4.52 Å². The number of nitrogens with one attached hydrogen (secondary N) is 1. The van der Waals surface area contributed by atoms with Gasteiger partial charge >= 0.3 is 0 Å². The second-order valence-corrected chi connectivity index (χ2v) is 7.68.